The summed E-state index contributed by atoms with van der Waals surface area (Å²) in [6, 6.07) is -0.481. The van der Waals surface area contributed by atoms with E-state index in [9.17, 15) is 13.2 Å². The van der Waals surface area contributed by atoms with Gasteiger partial charge < -0.3 is 5.32 Å². The first kappa shape index (κ1) is 8.75. The van der Waals surface area contributed by atoms with Gasteiger partial charge in [-0.3, -0.25) is 0 Å². The smallest absolute Gasteiger partial charge is 0.317 e. The summed E-state index contributed by atoms with van der Waals surface area (Å²) in [6.07, 6.45) is -4.80. The molecular formula is C5H10F3N. The molecule has 0 saturated carbocycles. The van der Waals surface area contributed by atoms with E-state index < -0.39 is 18.6 Å². The Kier molecular flexibility index (Phi) is 2.97. The summed E-state index contributed by atoms with van der Waals surface area (Å²) < 4.78 is 34.4. The molecule has 0 amide bonds. The molecule has 0 saturated heterocycles. The Bertz CT molecular complexity index is 78.8. The van der Waals surface area contributed by atoms with Gasteiger partial charge in [-0.05, 0) is 14.0 Å². The maximum Gasteiger partial charge on any atom is 0.390 e. The minimum Gasteiger partial charge on any atom is -0.317 e. The van der Waals surface area contributed by atoms with Crippen LogP contribution in [0.25, 0.3) is 0 Å². The highest BCUT2D eigenvalue weighted by Gasteiger charge is 2.28. The van der Waals surface area contributed by atoms with Gasteiger partial charge in [-0.25, -0.2) is 0 Å². The van der Waals surface area contributed by atoms with Crippen LogP contribution < -0.4 is 5.32 Å². The number of alkyl halides is 3. The highest BCUT2D eigenvalue weighted by Crippen LogP contribution is 2.20. The monoisotopic (exact) mass is 141 g/mol. The van der Waals surface area contributed by atoms with Crippen molar-refractivity contribution >= 4 is 0 Å². The molecule has 1 atom stereocenters. The molecule has 0 aromatic rings. The van der Waals surface area contributed by atoms with Gasteiger partial charge in [-0.1, -0.05) is 0 Å². The van der Waals surface area contributed by atoms with Gasteiger partial charge in [0.15, 0.2) is 0 Å². The van der Waals surface area contributed by atoms with E-state index in [2.05, 4.69) is 5.32 Å². The van der Waals surface area contributed by atoms with Crippen LogP contribution in [0.4, 0.5) is 13.2 Å². The van der Waals surface area contributed by atoms with E-state index in [1.54, 1.807) is 0 Å². The van der Waals surface area contributed by atoms with Crippen LogP contribution in [0.3, 0.4) is 0 Å². The molecule has 56 valence electrons. The molecule has 0 aromatic carbocycles. The molecule has 9 heavy (non-hydrogen) atoms. The van der Waals surface area contributed by atoms with Crippen molar-refractivity contribution in [1.29, 1.82) is 0 Å². The van der Waals surface area contributed by atoms with Crippen molar-refractivity contribution in [2.45, 2.75) is 25.6 Å². The minimum absolute atomic E-state index is 0.481. The predicted octanol–water partition coefficient (Wildman–Crippen LogP) is 1.55. The second-order valence-corrected chi connectivity index (χ2v) is 2.01. The third kappa shape index (κ3) is 5.62. The number of rotatable bonds is 2. The Morgan fingerprint density at radius 2 is 1.89 bits per heavy atom. The first-order valence-corrected chi connectivity index (χ1v) is 2.69. The molecule has 0 rings (SSSR count). The summed E-state index contributed by atoms with van der Waals surface area (Å²) in [5.41, 5.74) is 0. The molecule has 0 spiro atoms. The lowest BCUT2D eigenvalue weighted by atomic mass is 10.2. The lowest BCUT2D eigenvalue weighted by molar-refractivity contribution is -0.138. The summed E-state index contributed by atoms with van der Waals surface area (Å²) in [7, 11) is 1.51. The van der Waals surface area contributed by atoms with Gasteiger partial charge in [0.2, 0.25) is 0 Å². The third-order valence-corrected chi connectivity index (χ3v) is 1.03. The fourth-order valence-corrected chi connectivity index (χ4v) is 0.449. The van der Waals surface area contributed by atoms with E-state index in [-0.39, 0.29) is 0 Å². The molecule has 4 heteroatoms. The van der Waals surface area contributed by atoms with Crippen molar-refractivity contribution in [1.82, 2.24) is 5.32 Å². The number of hydrogen-bond donors (Lipinski definition) is 1. The lowest BCUT2D eigenvalue weighted by Crippen LogP contribution is -2.27. The lowest BCUT2D eigenvalue weighted by Gasteiger charge is -2.11. The summed E-state index contributed by atoms with van der Waals surface area (Å²) >= 11 is 0. The standard InChI is InChI=1S/C5H10F3N/c1-4(9-2)3-5(6,7)8/h4,9H,3H2,1-2H3. The molecule has 0 radical (unpaired) electrons. The van der Waals surface area contributed by atoms with Crippen LogP contribution >= 0.6 is 0 Å². The Labute approximate surface area is 52.2 Å². The zero-order valence-corrected chi connectivity index (χ0v) is 5.42. The fourth-order valence-electron chi connectivity index (χ4n) is 0.449. The normalized spacial score (nSPS) is 15.7. The minimum atomic E-state index is -4.04. The Morgan fingerprint density at radius 1 is 1.44 bits per heavy atom. The van der Waals surface area contributed by atoms with Crippen LogP contribution in [0.1, 0.15) is 13.3 Å². The van der Waals surface area contributed by atoms with Gasteiger partial charge in [-0.2, -0.15) is 13.2 Å². The SMILES string of the molecule is CNC(C)CC(F)(F)F. The van der Waals surface area contributed by atoms with Crippen molar-refractivity contribution in [3.63, 3.8) is 0 Å². The van der Waals surface area contributed by atoms with Crippen molar-refractivity contribution in [2.75, 3.05) is 7.05 Å². The largest absolute Gasteiger partial charge is 0.390 e. The van der Waals surface area contributed by atoms with Gasteiger partial charge in [-0.15, -0.1) is 0 Å². The van der Waals surface area contributed by atoms with Crippen molar-refractivity contribution in [2.24, 2.45) is 0 Å². The molecule has 1 nitrogen and oxygen atoms in total. The zero-order chi connectivity index (χ0) is 7.49. The molecule has 1 unspecified atom stereocenters. The Balaban J connectivity index is 3.47. The van der Waals surface area contributed by atoms with Gasteiger partial charge in [0.1, 0.15) is 0 Å². The van der Waals surface area contributed by atoms with Crippen LogP contribution in [-0.4, -0.2) is 19.3 Å². The van der Waals surface area contributed by atoms with E-state index in [1.807, 2.05) is 0 Å². The molecule has 0 bridgehead atoms. The zero-order valence-electron chi connectivity index (χ0n) is 5.42. The highest BCUT2D eigenvalue weighted by molar-refractivity contribution is 4.62. The van der Waals surface area contributed by atoms with Gasteiger partial charge in [0.25, 0.3) is 0 Å². The molecule has 0 aliphatic carbocycles. The van der Waals surface area contributed by atoms with E-state index in [4.69, 9.17) is 0 Å². The maximum atomic E-state index is 11.5. The third-order valence-electron chi connectivity index (χ3n) is 1.03. The average Bonchev–Trinajstić information content (AvgIpc) is 1.62. The number of nitrogens with one attached hydrogen (secondary N) is 1. The number of hydrogen-bond acceptors (Lipinski definition) is 1. The van der Waals surface area contributed by atoms with Crippen LogP contribution in [0, 0.1) is 0 Å². The molecule has 0 aliphatic heterocycles. The van der Waals surface area contributed by atoms with Gasteiger partial charge >= 0.3 is 6.18 Å². The summed E-state index contributed by atoms with van der Waals surface area (Å²) in [6.45, 7) is 1.49. The molecule has 0 aromatic heterocycles. The van der Waals surface area contributed by atoms with Gasteiger partial charge in [0, 0.05) is 6.04 Å². The second-order valence-electron chi connectivity index (χ2n) is 2.01. The van der Waals surface area contributed by atoms with Crippen molar-refractivity contribution in [3.05, 3.63) is 0 Å². The molecule has 0 aliphatic rings. The fraction of sp³-hybridized carbons (Fsp3) is 1.00. The molecule has 0 fully saturated rings. The van der Waals surface area contributed by atoms with Crippen LogP contribution in [0.2, 0.25) is 0 Å². The average molecular weight is 141 g/mol. The molecule has 0 heterocycles. The van der Waals surface area contributed by atoms with E-state index >= 15 is 0 Å². The summed E-state index contributed by atoms with van der Waals surface area (Å²) in [4.78, 5) is 0. The highest BCUT2D eigenvalue weighted by atomic mass is 19.4. The van der Waals surface area contributed by atoms with E-state index in [1.165, 1.54) is 14.0 Å². The van der Waals surface area contributed by atoms with E-state index in [0.29, 0.717) is 0 Å². The van der Waals surface area contributed by atoms with Crippen LogP contribution in [0.5, 0.6) is 0 Å². The maximum absolute atomic E-state index is 11.5. The first-order valence-electron chi connectivity index (χ1n) is 2.69. The van der Waals surface area contributed by atoms with Crippen LogP contribution in [-0.2, 0) is 0 Å². The van der Waals surface area contributed by atoms with Crippen molar-refractivity contribution in [3.8, 4) is 0 Å². The van der Waals surface area contributed by atoms with Crippen LogP contribution in [0.15, 0.2) is 0 Å². The Morgan fingerprint density at radius 3 is 2.00 bits per heavy atom. The predicted molar refractivity (Wildman–Crippen MR) is 29.2 cm³/mol. The quantitative estimate of drug-likeness (QED) is 0.615. The second kappa shape index (κ2) is 3.06. The number of halogens is 3. The topological polar surface area (TPSA) is 12.0 Å². The van der Waals surface area contributed by atoms with Gasteiger partial charge in [0.05, 0.1) is 6.42 Å². The first-order chi connectivity index (χ1) is 3.95. The van der Waals surface area contributed by atoms with E-state index in [0.717, 1.165) is 0 Å². The van der Waals surface area contributed by atoms with Crippen molar-refractivity contribution < 1.29 is 13.2 Å². The summed E-state index contributed by atoms with van der Waals surface area (Å²) in [5, 5.41) is 2.50. The Hall–Kier alpha value is -0.250. The molecular weight excluding hydrogens is 131 g/mol. The summed E-state index contributed by atoms with van der Waals surface area (Å²) in [5.74, 6) is 0. The molecule has 1 N–H and O–H groups in total.